The lowest BCUT2D eigenvalue weighted by Gasteiger charge is -2.22. The molecule has 1 aliphatic rings. The van der Waals surface area contributed by atoms with Crippen molar-refractivity contribution < 1.29 is 22.4 Å². The van der Waals surface area contributed by atoms with E-state index in [0.717, 1.165) is 6.20 Å². The summed E-state index contributed by atoms with van der Waals surface area (Å²) in [7, 11) is 3.57. The minimum atomic E-state index is -4.58. The standard InChI is InChI=1S/C20H20F4N6O/c1-12-26-17(20(22,23)24)11-29(12)15-8-9-28(19(15)31)16-10-25-30(18(16)27(2)3)14-6-4-13(21)5-7-14/h4-7,10-11,15H,8-9H2,1-3H3. The first kappa shape index (κ1) is 20.9. The second kappa shape index (κ2) is 7.40. The lowest BCUT2D eigenvalue weighted by atomic mass is 10.2. The number of amides is 1. The van der Waals surface area contributed by atoms with Crippen LogP contribution in [0.1, 0.15) is 24.0 Å². The summed E-state index contributed by atoms with van der Waals surface area (Å²) in [5, 5.41) is 4.36. The number of hydrogen-bond acceptors (Lipinski definition) is 4. The predicted molar refractivity (Wildman–Crippen MR) is 106 cm³/mol. The molecule has 1 aliphatic heterocycles. The lowest BCUT2D eigenvalue weighted by Crippen LogP contribution is -2.30. The molecule has 1 saturated heterocycles. The molecule has 2 aromatic heterocycles. The number of alkyl halides is 3. The summed E-state index contributed by atoms with van der Waals surface area (Å²) < 4.78 is 55.3. The van der Waals surface area contributed by atoms with Gasteiger partial charge in [0.05, 0.1) is 11.9 Å². The van der Waals surface area contributed by atoms with Gasteiger partial charge in [0.1, 0.15) is 23.4 Å². The Labute approximate surface area is 175 Å². The van der Waals surface area contributed by atoms with Crippen LogP contribution in [0.5, 0.6) is 0 Å². The minimum Gasteiger partial charge on any atom is -0.361 e. The van der Waals surface area contributed by atoms with E-state index in [-0.39, 0.29) is 17.5 Å². The molecule has 3 heterocycles. The number of aryl methyl sites for hydroxylation is 1. The molecule has 0 spiro atoms. The fraction of sp³-hybridized carbons (Fsp3) is 0.350. The number of imidazole rings is 1. The van der Waals surface area contributed by atoms with Crippen molar-refractivity contribution in [3.05, 3.63) is 54.0 Å². The molecule has 1 atom stereocenters. The third kappa shape index (κ3) is 3.64. The second-order valence-electron chi connectivity index (χ2n) is 7.51. The summed E-state index contributed by atoms with van der Waals surface area (Å²) in [6.45, 7) is 1.77. The van der Waals surface area contributed by atoms with Crippen molar-refractivity contribution in [3.8, 4) is 5.69 Å². The highest BCUT2D eigenvalue weighted by atomic mass is 19.4. The van der Waals surface area contributed by atoms with E-state index < -0.39 is 17.9 Å². The van der Waals surface area contributed by atoms with Gasteiger partial charge in [-0.15, -0.1) is 0 Å². The molecule has 1 unspecified atom stereocenters. The van der Waals surface area contributed by atoms with Gasteiger partial charge in [-0.2, -0.15) is 18.3 Å². The molecular formula is C20H20F4N6O. The van der Waals surface area contributed by atoms with E-state index in [0.29, 0.717) is 30.2 Å². The highest BCUT2D eigenvalue weighted by Crippen LogP contribution is 2.37. The minimum absolute atomic E-state index is 0.127. The monoisotopic (exact) mass is 436 g/mol. The maximum atomic E-state index is 13.3. The van der Waals surface area contributed by atoms with Crippen molar-refractivity contribution in [1.29, 1.82) is 0 Å². The van der Waals surface area contributed by atoms with Crippen LogP contribution in [-0.2, 0) is 11.0 Å². The first-order valence-corrected chi connectivity index (χ1v) is 9.53. The van der Waals surface area contributed by atoms with Gasteiger partial charge in [-0.1, -0.05) is 0 Å². The van der Waals surface area contributed by atoms with Crippen molar-refractivity contribution in [3.63, 3.8) is 0 Å². The van der Waals surface area contributed by atoms with Crippen LogP contribution in [0.3, 0.4) is 0 Å². The highest BCUT2D eigenvalue weighted by molar-refractivity contribution is 6.00. The average Bonchev–Trinajstić information content (AvgIpc) is 3.38. The maximum Gasteiger partial charge on any atom is 0.434 e. The zero-order valence-corrected chi connectivity index (χ0v) is 17.1. The Hall–Kier alpha value is -3.37. The van der Waals surface area contributed by atoms with Crippen LogP contribution in [0, 0.1) is 12.7 Å². The van der Waals surface area contributed by atoms with Crippen LogP contribution in [0.2, 0.25) is 0 Å². The summed E-state index contributed by atoms with van der Waals surface area (Å²) in [6.07, 6.45) is -1.83. The predicted octanol–water partition coefficient (Wildman–Crippen LogP) is 3.58. The van der Waals surface area contributed by atoms with E-state index in [2.05, 4.69) is 10.1 Å². The smallest absolute Gasteiger partial charge is 0.361 e. The summed E-state index contributed by atoms with van der Waals surface area (Å²) in [4.78, 5) is 20.0. The van der Waals surface area contributed by atoms with E-state index in [4.69, 9.17) is 0 Å². The van der Waals surface area contributed by atoms with Gasteiger partial charge in [0.15, 0.2) is 11.5 Å². The van der Waals surface area contributed by atoms with Gasteiger partial charge in [0.25, 0.3) is 0 Å². The Bertz CT molecular complexity index is 1120. The molecule has 0 radical (unpaired) electrons. The van der Waals surface area contributed by atoms with Crippen molar-refractivity contribution in [1.82, 2.24) is 19.3 Å². The molecule has 11 heteroatoms. The van der Waals surface area contributed by atoms with Crippen LogP contribution in [0.15, 0.2) is 36.7 Å². The van der Waals surface area contributed by atoms with E-state index >= 15 is 0 Å². The molecule has 0 N–H and O–H groups in total. The van der Waals surface area contributed by atoms with Gasteiger partial charge in [-0.05, 0) is 37.6 Å². The van der Waals surface area contributed by atoms with Gasteiger partial charge < -0.3 is 14.4 Å². The Kier molecular flexibility index (Phi) is 4.98. The number of carbonyl (C=O) groups is 1. The zero-order chi connectivity index (χ0) is 22.5. The van der Waals surface area contributed by atoms with Gasteiger partial charge in [-0.25, -0.2) is 14.1 Å². The first-order valence-electron chi connectivity index (χ1n) is 9.53. The van der Waals surface area contributed by atoms with E-state index in [1.165, 1.54) is 34.7 Å². The number of nitrogens with zero attached hydrogens (tertiary/aromatic N) is 6. The highest BCUT2D eigenvalue weighted by Gasteiger charge is 2.40. The van der Waals surface area contributed by atoms with Crippen LogP contribution < -0.4 is 9.80 Å². The normalized spacial score (nSPS) is 16.9. The molecule has 7 nitrogen and oxygen atoms in total. The fourth-order valence-corrected chi connectivity index (χ4v) is 3.81. The van der Waals surface area contributed by atoms with Crippen LogP contribution in [0.25, 0.3) is 5.69 Å². The van der Waals surface area contributed by atoms with E-state index in [1.807, 2.05) is 0 Å². The molecule has 0 aliphatic carbocycles. The Morgan fingerprint density at radius 1 is 1.16 bits per heavy atom. The number of benzene rings is 1. The molecule has 1 amide bonds. The SMILES string of the molecule is Cc1nc(C(F)(F)F)cn1C1CCN(c2cnn(-c3ccc(F)cc3)c2N(C)C)C1=O. The fourth-order valence-electron chi connectivity index (χ4n) is 3.81. The van der Waals surface area contributed by atoms with Crippen LogP contribution >= 0.6 is 0 Å². The molecule has 4 rings (SSSR count). The topological polar surface area (TPSA) is 59.2 Å². The maximum absolute atomic E-state index is 13.3. The molecule has 3 aromatic rings. The summed E-state index contributed by atoms with van der Waals surface area (Å²) in [5.41, 5.74) is 0.116. The molecule has 0 bridgehead atoms. The molecular weight excluding hydrogens is 416 g/mol. The number of halogens is 4. The van der Waals surface area contributed by atoms with Crippen molar-refractivity contribution in [2.75, 3.05) is 30.4 Å². The average molecular weight is 436 g/mol. The second-order valence-corrected chi connectivity index (χ2v) is 7.51. The summed E-state index contributed by atoms with van der Waals surface area (Å²) in [6, 6.07) is 4.98. The van der Waals surface area contributed by atoms with Gasteiger partial charge in [-0.3, -0.25) is 4.79 Å². The lowest BCUT2D eigenvalue weighted by molar-refractivity contribution is -0.141. The van der Waals surface area contributed by atoms with Crippen LogP contribution in [0.4, 0.5) is 29.1 Å². The number of carbonyl (C=O) groups excluding carboxylic acids is 1. The molecule has 0 saturated carbocycles. The molecule has 164 valence electrons. The number of hydrogen-bond donors (Lipinski definition) is 0. The quantitative estimate of drug-likeness (QED) is 0.587. The van der Waals surface area contributed by atoms with E-state index in [9.17, 15) is 22.4 Å². The van der Waals surface area contributed by atoms with Gasteiger partial charge >= 0.3 is 6.18 Å². The first-order chi connectivity index (χ1) is 14.6. The largest absolute Gasteiger partial charge is 0.434 e. The third-order valence-corrected chi connectivity index (χ3v) is 5.23. The van der Waals surface area contributed by atoms with Crippen molar-refractivity contribution in [2.45, 2.75) is 25.6 Å². The van der Waals surface area contributed by atoms with Gasteiger partial charge in [0.2, 0.25) is 5.91 Å². The Morgan fingerprint density at radius 2 is 1.84 bits per heavy atom. The number of rotatable bonds is 4. The number of anilines is 2. The Morgan fingerprint density at radius 3 is 2.42 bits per heavy atom. The van der Waals surface area contributed by atoms with Crippen LogP contribution in [-0.4, -0.2) is 45.9 Å². The molecule has 31 heavy (non-hydrogen) atoms. The zero-order valence-electron chi connectivity index (χ0n) is 17.1. The van der Waals surface area contributed by atoms with Gasteiger partial charge in [0, 0.05) is 26.8 Å². The summed E-state index contributed by atoms with van der Waals surface area (Å²) >= 11 is 0. The molecule has 1 fully saturated rings. The van der Waals surface area contributed by atoms with Crippen molar-refractivity contribution >= 4 is 17.4 Å². The number of aromatic nitrogens is 4. The molecule has 1 aromatic carbocycles. The van der Waals surface area contributed by atoms with Crippen molar-refractivity contribution in [2.24, 2.45) is 0 Å². The third-order valence-electron chi connectivity index (χ3n) is 5.23. The summed E-state index contributed by atoms with van der Waals surface area (Å²) in [5.74, 6) is 0.00584. The van der Waals surface area contributed by atoms with E-state index in [1.54, 1.807) is 35.8 Å². The Balaban J connectivity index is 1.68.